The highest BCUT2D eigenvalue weighted by Gasteiger charge is 2.02. The minimum Gasteiger partial charge on any atom is -0.497 e. The molecular weight excluding hydrogens is 180 g/mol. The van der Waals surface area contributed by atoms with Gasteiger partial charge in [-0.2, -0.15) is 0 Å². The van der Waals surface area contributed by atoms with Gasteiger partial charge in [-0.3, -0.25) is 0 Å². The lowest BCUT2D eigenvalue weighted by molar-refractivity contribution is -0.107. The largest absolute Gasteiger partial charge is 0.497 e. The second-order valence-electron chi connectivity index (χ2n) is 2.91. The number of rotatable bonds is 3. The molecule has 2 rings (SSSR count). The monoisotopic (exact) mass is 190 g/mol. The summed E-state index contributed by atoms with van der Waals surface area (Å²) in [4.78, 5) is 14.5. The smallest absolute Gasteiger partial charge is 0.127 e. The quantitative estimate of drug-likeness (QED) is 0.680. The Morgan fingerprint density at radius 3 is 3.21 bits per heavy atom. The zero-order chi connectivity index (χ0) is 9.97. The Kier molecular flexibility index (Phi) is 2.18. The first-order valence-corrected chi connectivity index (χ1v) is 4.29. The van der Waals surface area contributed by atoms with Crippen LogP contribution in [0.15, 0.2) is 24.5 Å². The number of hydrogen-bond donors (Lipinski definition) is 0. The molecule has 14 heavy (non-hydrogen) atoms. The van der Waals surface area contributed by atoms with Crippen LogP contribution in [-0.4, -0.2) is 22.8 Å². The third kappa shape index (κ3) is 1.35. The van der Waals surface area contributed by atoms with Gasteiger partial charge in [-0.1, -0.05) is 0 Å². The van der Waals surface area contributed by atoms with E-state index in [0.29, 0.717) is 6.42 Å². The van der Waals surface area contributed by atoms with Crippen molar-refractivity contribution < 1.29 is 9.53 Å². The SMILES string of the molecule is COc1ccn2c(CC=O)ncc2c1. The van der Waals surface area contributed by atoms with E-state index in [9.17, 15) is 4.79 Å². The first-order valence-electron chi connectivity index (χ1n) is 4.29. The van der Waals surface area contributed by atoms with Gasteiger partial charge >= 0.3 is 0 Å². The van der Waals surface area contributed by atoms with Gasteiger partial charge in [0.2, 0.25) is 0 Å². The van der Waals surface area contributed by atoms with Gasteiger partial charge in [-0.05, 0) is 6.07 Å². The second-order valence-corrected chi connectivity index (χ2v) is 2.91. The molecule has 0 saturated carbocycles. The van der Waals surface area contributed by atoms with E-state index in [-0.39, 0.29) is 0 Å². The molecule has 0 spiro atoms. The molecule has 2 aromatic rings. The minimum absolute atomic E-state index is 0.334. The normalized spacial score (nSPS) is 10.4. The van der Waals surface area contributed by atoms with Crippen molar-refractivity contribution in [3.63, 3.8) is 0 Å². The van der Waals surface area contributed by atoms with Crippen LogP contribution in [-0.2, 0) is 11.2 Å². The Balaban J connectivity index is 2.53. The van der Waals surface area contributed by atoms with Crippen molar-refractivity contribution >= 4 is 11.8 Å². The fourth-order valence-electron chi connectivity index (χ4n) is 1.39. The molecule has 0 N–H and O–H groups in total. The standard InChI is InChI=1S/C10H10N2O2/c1-14-9-2-4-12-8(6-9)7-11-10(12)3-5-13/h2,4-7H,3H2,1H3. The summed E-state index contributed by atoms with van der Waals surface area (Å²) in [6.45, 7) is 0. The number of carbonyl (C=O) groups excluding carboxylic acids is 1. The Morgan fingerprint density at radius 2 is 2.50 bits per heavy atom. The third-order valence-corrected chi connectivity index (χ3v) is 2.08. The van der Waals surface area contributed by atoms with E-state index in [2.05, 4.69) is 4.98 Å². The summed E-state index contributed by atoms with van der Waals surface area (Å²) in [5, 5.41) is 0. The summed E-state index contributed by atoms with van der Waals surface area (Å²) in [6.07, 6.45) is 4.75. The van der Waals surface area contributed by atoms with E-state index in [1.165, 1.54) is 0 Å². The molecule has 2 heterocycles. The summed E-state index contributed by atoms with van der Waals surface area (Å²) in [7, 11) is 1.62. The maximum atomic E-state index is 10.4. The summed E-state index contributed by atoms with van der Waals surface area (Å²) in [6, 6.07) is 3.71. The van der Waals surface area contributed by atoms with E-state index >= 15 is 0 Å². The van der Waals surface area contributed by atoms with Crippen LogP contribution in [0, 0.1) is 0 Å². The number of aldehydes is 1. The Labute approximate surface area is 81.1 Å². The molecule has 0 aliphatic rings. The first-order chi connectivity index (χ1) is 6.85. The zero-order valence-corrected chi connectivity index (χ0v) is 7.80. The van der Waals surface area contributed by atoms with Gasteiger partial charge in [0.15, 0.2) is 0 Å². The fourth-order valence-corrected chi connectivity index (χ4v) is 1.39. The maximum absolute atomic E-state index is 10.4. The summed E-state index contributed by atoms with van der Waals surface area (Å²) in [5.74, 6) is 1.53. The average molecular weight is 190 g/mol. The molecule has 0 amide bonds. The fraction of sp³-hybridized carbons (Fsp3) is 0.200. The number of pyridine rings is 1. The number of aromatic nitrogens is 2. The Bertz CT molecular complexity index is 462. The molecule has 0 radical (unpaired) electrons. The van der Waals surface area contributed by atoms with Gasteiger partial charge in [-0.25, -0.2) is 4.98 Å². The van der Waals surface area contributed by atoms with Gasteiger partial charge in [0, 0.05) is 12.3 Å². The molecule has 0 atom stereocenters. The molecular formula is C10H10N2O2. The van der Waals surface area contributed by atoms with E-state index in [0.717, 1.165) is 23.4 Å². The molecule has 0 aliphatic carbocycles. The van der Waals surface area contributed by atoms with Crippen molar-refractivity contribution in [3.05, 3.63) is 30.4 Å². The van der Waals surface area contributed by atoms with Gasteiger partial charge in [0.25, 0.3) is 0 Å². The predicted molar refractivity (Wildman–Crippen MR) is 51.5 cm³/mol. The highest BCUT2D eigenvalue weighted by atomic mass is 16.5. The van der Waals surface area contributed by atoms with Crippen LogP contribution in [0.1, 0.15) is 5.82 Å². The lowest BCUT2D eigenvalue weighted by Gasteiger charge is -2.01. The molecule has 0 fully saturated rings. The molecule has 0 saturated heterocycles. The van der Waals surface area contributed by atoms with Gasteiger partial charge in [-0.15, -0.1) is 0 Å². The van der Waals surface area contributed by atoms with Gasteiger partial charge in [0.05, 0.1) is 25.2 Å². The van der Waals surface area contributed by atoms with Crippen molar-refractivity contribution in [3.8, 4) is 5.75 Å². The van der Waals surface area contributed by atoms with Crippen LogP contribution < -0.4 is 4.74 Å². The zero-order valence-electron chi connectivity index (χ0n) is 7.80. The highest BCUT2D eigenvalue weighted by molar-refractivity contribution is 5.56. The average Bonchev–Trinajstić information content (AvgIpc) is 2.61. The maximum Gasteiger partial charge on any atom is 0.127 e. The number of ether oxygens (including phenoxy) is 1. The first kappa shape index (κ1) is 8.74. The van der Waals surface area contributed by atoms with Gasteiger partial charge < -0.3 is 13.9 Å². The van der Waals surface area contributed by atoms with Crippen molar-refractivity contribution in [2.24, 2.45) is 0 Å². The Morgan fingerprint density at radius 1 is 1.64 bits per heavy atom. The van der Waals surface area contributed by atoms with Crippen LogP contribution in [0.2, 0.25) is 0 Å². The van der Waals surface area contributed by atoms with E-state index in [1.54, 1.807) is 13.3 Å². The van der Waals surface area contributed by atoms with Crippen molar-refractivity contribution in [1.82, 2.24) is 9.38 Å². The van der Waals surface area contributed by atoms with Crippen LogP contribution in [0.4, 0.5) is 0 Å². The number of methoxy groups -OCH3 is 1. The molecule has 72 valence electrons. The molecule has 0 aromatic carbocycles. The van der Waals surface area contributed by atoms with Crippen molar-refractivity contribution in [2.75, 3.05) is 7.11 Å². The summed E-state index contributed by atoms with van der Waals surface area (Å²) >= 11 is 0. The van der Waals surface area contributed by atoms with Crippen LogP contribution >= 0.6 is 0 Å². The molecule has 2 aromatic heterocycles. The molecule has 4 nitrogen and oxygen atoms in total. The number of imidazole rings is 1. The summed E-state index contributed by atoms with van der Waals surface area (Å²) in [5.41, 5.74) is 0.932. The molecule has 4 heteroatoms. The van der Waals surface area contributed by atoms with Crippen LogP contribution in [0.25, 0.3) is 5.52 Å². The van der Waals surface area contributed by atoms with Gasteiger partial charge in [0.1, 0.15) is 17.9 Å². The van der Waals surface area contributed by atoms with E-state index in [1.807, 2.05) is 22.7 Å². The molecule has 0 aliphatic heterocycles. The number of carbonyl (C=O) groups is 1. The minimum atomic E-state index is 0.334. The molecule has 0 unspecified atom stereocenters. The molecule has 0 bridgehead atoms. The van der Waals surface area contributed by atoms with Crippen molar-refractivity contribution in [2.45, 2.75) is 6.42 Å². The third-order valence-electron chi connectivity index (χ3n) is 2.08. The topological polar surface area (TPSA) is 43.6 Å². The lowest BCUT2D eigenvalue weighted by atomic mass is 10.4. The van der Waals surface area contributed by atoms with Crippen LogP contribution in [0.5, 0.6) is 5.75 Å². The van der Waals surface area contributed by atoms with Crippen molar-refractivity contribution in [1.29, 1.82) is 0 Å². The summed E-state index contributed by atoms with van der Waals surface area (Å²) < 4.78 is 6.95. The second kappa shape index (κ2) is 3.49. The Hall–Kier alpha value is -1.84. The number of nitrogens with zero attached hydrogens (tertiary/aromatic N) is 2. The van der Waals surface area contributed by atoms with Crippen LogP contribution in [0.3, 0.4) is 0 Å². The predicted octanol–water partition coefficient (Wildman–Crippen LogP) is 1.08. The highest BCUT2D eigenvalue weighted by Crippen LogP contribution is 2.15. The number of fused-ring (bicyclic) bond motifs is 1. The number of hydrogen-bond acceptors (Lipinski definition) is 3. The lowest BCUT2D eigenvalue weighted by Crippen LogP contribution is -1.95. The van der Waals surface area contributed by atoms with E-state index in [4.69, 9.17) is 4.74 Å². The van der Waals surface area contributed by atoms with E-state index < -0.39 is 0 Å².